The second-order valence-corrected chi connectivity index (χ2v) is 12.2. The van der Waals surface area contributed by atoms with Gasteiger partial charge in [0.15, 0.2) is 23.0 Å². The van der Waals surface area contributed by atoms with Crippen LogP contribution in [0.2, 0.25) is 0 Å². The lowest BCUT2D eigenvalue weighted by atomic mass is 10.0. The molecule has 266 valence electrons. The molecular formula is C42H42N4O6. The van der Waals surface area contributed by atoms with Gasteiger partial charge in [-0.15, -0.1) is 0 Å². The third-order valence-electron chi connectivity index (χ3n) is 8.95. The monoisotopic (exact) mass is 698 g/mol. The van der Waals surface area contributed by atoms with Gasteiger partial charge in [0.05, 0.1) is 62.0 Å². The first-order chi connectivity index (χ1) is 25.4. The van der Waals surface area contributed by atoms with Crippen LogP contribution in [0.3, 0.4) is 0 Å². The quantitative estimate of drug-likeness (QED) is 0.104. The van der Waals surface area contributed by atoms with E-state index >= 15 is 0 Å². The molecule has 2 aromatic heterocycles. The topological polar surface area (TPSA) is 121 Å². The molecule has 2 N–H and O–H groups in total. The molecule has 10 nitrogen and oxygen atoms in total. The molecule has 0 saturated carbocycles. The molecule has 0 spiro atoms. The third kappa shape index (κ3) is 7.91. The van der Waals surface area contributed by atoms with Gasteiger partial charge in [0.1, 0.15) is 0 Å². The number of para-hydroxylation sites is 2. The summed E-state index contributed by atoms with van der Waals surface area (Å²) in [6.45, 7) is 1.07. The number of hydrogen-bond acceptors (Lipinski definition) is 8. The Hall–Kier alpha value is -6.16. The van der Waals surface area contributed by atoms with E-state index in [1.807, 2.05) is 97.1 Å². The highest BCUT2D eigenvalue weighted by molar-refractivity contribution is 6.08. The Bertz CT molecular complexity index is 2060. The first-order valence-electron chi connectivity index (χ1n) is 17.2. The summed E-state index contributed by atoms with van der Waals surface area (Å²) in [5.41, 5.74) is 5.58. The van der Waals surface area contributed by atoms with Crippen LogP contribution in [0.1, 0.15) is 46.4 Å². The number of rotatable bonds is 15. The van der Waals surface area contributed by atoms with E-state index in [4.69, 9.17) is 28.9 Å². The molecule has 0 unspecified atom stereocenters. The van der Waals surface area contributed by atoms with E-state index < -0.39 is 0 Å². The first kappa shape index (κ1) is 35.7. The standard InChI is InChI=1S/C42H42N4O6/c1-49-37-19-17-27(23-39(37)51-3)35-25-31(29-13-7-9-15-33(29)45-35)41(47)43-21-11-5-6-12-22-44-42(48)32-26-36(46-34-16-10-8-14-30(32)34)28-18-20-38(50-2)40(24-28)52-4/h7-10,13-20,23-26H,5-6,11-12,21-22H2,1-4H3,(H,43,47)(H,44,48). The highest BCUT2D eigenvalue weighted by atomic mass is 16.5. The number of hydrogen-bond donors (Lipinski definition) is 2. The minimum Gasteiger partial charge on any atom is -0.493 e. The van der Waals surface area contributed by atoms with Crippen molar-refractivity contribution in [3.05, 3.63) is 108 Å². The molecule has 10 heteroatoms. The van der Waals surface area contributed by atoms with Crippen LogP contribution >= 0.6 is 0 Å². The van der Waals surface area contributed by atoms with Crippen molar-refractivity contribution in [3.8, 4) is 45.5 Å². The summed E-state index contributed by atoms with van der Waals surface area (Å²) in [6, 6.07) is 30.1. The molecule has 0 saturated heterocycles. The number of carbonyl (C=O) groups is 2. The maximum Gasteiger partial charge on any atom is 0.252 e. The molecule has 0 aliphatic carbocycles. The zero-order chi connectivity index (χ0) is 36.5. The van der Waals surface area contributed by atoms with E-state index in [1.54, 1.807) is 28.4 Å². The van der Waals surface area contributed by atoms with E-state index in [1.165, 1.54) is 0 Å². The van der Waals surface area contributed by atoms with E-state index in [0.717, 1.165) is 58.6 Å². The number of aromatic nitrogens is 2. The lowest BCUT2D eigenvalue weighted by molar-refractivity contribution is 0.0945. The molecule has 0 aliphatic heterocycles. The number of methoxy groups -OCH3 is 4. The van der Waals surface area contributed by atoms with Gasteiger partial charge in [-0.3, -0.25) is 9.59 Å². The molecule has 6 rings (SSSR count). The molecule has 52 heavy (non-hydrogen) atoms. The van der Waals surface area contributed by atoms with Crippen molar-refractivity contribution in [1.29, 1.82) is 0 Å². The fourth-order valence-electron chi connectivity index (χ4n) is 6.21. The molecule has 2 heterocycles. The molecule has 0 atom stereocenters. The Morgan fingerprint density at radius 1 is 0.500 bits per heavy atom. The zero-order valence-corrected chi connectivity index (χ0v) is 29.8. The van der Waals surface area contributed by atoms with E-state index in [-0.39, 0.29) is 11.8 Å². The average Bonchev–Trinajstić information content (AvgIpc) is 3.20. The van der Waals surface area contributed by atoms with Crippen molar-refractivity contribution >= 4 is 33.6 Å². The molecule has 0 radical (unpaired) electrons. The predicted octanol–water partition coefficient (Wildman–Crippen LogP) is 7.87. The molecular weight excluding hydrogens is 656 g/mol. The Balaban J connectivity index is 1.03. The number of fused-ring (bicyclic) bond motifs is 2. The largest absolute Gasteiger partial charge is 0.493 e. The SMILES string of the molecule is COc1ccc(-c2cc(C(=O)NCCCCCCNC(=O)c3cc(-c4ccc(OC)c(OC)c4)nc4ccccc34)c3ccccc3n2)cc1OC. The summed E-state index contributed by atoms with van der Waals surface area (Å²) in [4.78, 5) is 36.5. The number of ether oxygens (including phenoxy) is 4. The fraction of sp³-hybridized carbons (Fsp3) is 0.238. The van der Waals surface area contributed by atoms with Crippen molar-refractivity contribution < 1.29 is 28.5 Å². The lowest BCUT2D eigenvalue weighted by Gasteiger charge is -2.13. The van der Waals surface area contributed by atoms with Gasteiger partial charge in [0.2, 0.25) is 0 Å². The third-order valence-corrected chi connectivity index (χ3v) is 8.95. The number of benzene rings is 4. The van der Waals surface area contributed by atoms with E-state index in [2.05, 4.69) is 10.6 Å². The molecule has 6 aromatic rings. The molecule has 0 fully saturated rings. The summed E-state index contributed by atoms with van der Waals surface area (Å²) in [5.74, 6) is 2.12. The van der Waals surface area contributed by atoms with E-state index in [0.29, 0.717) is 58.6 Å². The highest BCUT2D eigenvalue weighted by Gasteiger charge is 2.17. The van der Waals surface area contributed by atoms with Crippen LogP contribution < -0.4 is 29.6 Å². The number of pyridine rings is 2. The first-order valence-corrected chi connectivity index (χ1v) is 17.2. The molecule has 0 bridgehead atoms. The van der Waals surface area contributed by atoms with Gasteiger partial charge >= 0.3 is 0 Å². The summed E-state index contributed by atoms with van der Waals surface area (Å²) >= 11 is 0. The molecule has 2 amide bonds. The smallest absolute Gasteiger partial charge is 0.252 e. The highest BCUT2D eigenvalue weighted by Crippen LogP contribution is 2.34. The maximum atomic E-state index is 13.4. The lowest BCUT2D eigenvalue weighted by Crippen LogP contribution is -2.25. The summed E-state index contributed by atoms with van der Waals surface area (Å²) in [6.07, 6.45) is 3.45. The average molecular weight is 699 g/mol. The minimum atomic E-state index is -0.148. The van der Waals surface area contributed by atoms with Gasteiger partial charge in [-0.05, 0) is 73.5 Å². The van der Waals surface area contributed by atoms with Gasteiger partial charge in [0.25, 0.3) is 11.8 Å². The summed E-state index contributed by atoms with van der Waals surface area (Å²) in [7, 11) is 6.37. The number of amides is 2. The normalized spacial score (nSPS) is 10.9. The summed E-state index contributed by atoms with van der Waals surface area (Å²) in [5, 5.41) is 7.76. The van der Waals surface area contributed by atoms with Crippen LogP contribution in [0.5, 0.6) is 23.0 Å². The van der Waals surface area contributed by atoms with Crippen molar-refractivity contribution in [3.63, 3.8) is 0 Å². The minimum absolute atomic E-state index is 0.148. The number of unbranched alkanes of at least 4 members (excludes halogenated alkanes) is 3. The van der Waals surface area contributed by atoms with Crippen molar-refractivity contribution in [2.24, 2.45) is 0 Å². The Morgan fingerprint density at radius 3 is 1.31 bits per heavy atom. The van der Waals surface area contributed by atoms with Crippen LogP contribution in [-0.4, -0.2) is 63.3 Å². The molecule has 0 aliphatic rings. The van der Waals surface area contributed by atoms with Gasteiger partial charge in [-0.25, -0.2) is 9.97 Å². The second-order valence-electron chi connectivity index (χ2n) is 12.2. The van der Waals surface area contributed by atoms with Gasteiger partial charge in [-0.1, -0.05) is 49.2 Å². The Labute approximate surface area is 303 Å². The predicted molar refractivity (Wildman–Crippen MR) is 204 cm³/mol. The van der Waals surface area contributed by atoms with Gasteiger partial charge in [-0.2, -0.15) is 0 Å². The van der Waals surface area contributed by atoms with Crippen molar-refractivity contribution in [2.45, 2.75) is 25.7 Å². The Kier molecular flexibility index (Phi) is 11.5. The van der Waals surface area contributed by atoms with Crippen LogP contribution in [0.15, 0.2) is 97.1 Å². The van der Waals surface area contributed by atoms with Gasteiger partial charge < -0.3 is 29.6 Å². The Morgan fingerprint density at radius 2 is 0.904 bits per heavy atom. The van der Waals surface area contributed by atoms with Crippen LogP contribution in [0, 0.1) is 0 Å². The van der Waals surface area contributed by atoms with Gasteiger partial charge in [0, 0.05) is 35.0 Å². The number of carbonyl (C=O) groups excluding carboxylic acids is 2. The van der Waals surface area contributed by atoms with E-state index in [9.17, 15) is 9.59 Å². The fourth-order valence-corrected chi connectivity index (χ4v) is 6.21. The van der Waals surface area contributed by atoms with Crippen LogP contribution in [0.25, 0.3) is 44.3 Å². The molecule has 4 aromatic carbocycles. The summed E-state index contributed by atoms with van der Waals surface area (Å²) < 4.78 is 21.7. The van der Waals surface area contributed by atoms with Crippen LogP contribution in [-0.2, 0) is 0 Å². The van der Waals surface area contributed by atoms with Crippen molar-refractivity contribution in [2.75, 3.05) is 41.5 Å². The number of nitrogens with zero attached hydrogens (tertiary/aromatic N) is 2. The second kappa shape index (κ2) is 16.7. The maximum absolute atomic E-state index is 13.4. The number of nitrogens with one attached hydrogen (secondary N) is 2. The van der Waals surface area contributed by atoms with Crippen molar-refractivity contribution in [1.82, 2.24) is 20.6 Å². The van der Waals surface area contributed by atoms with Crippen LogP contribution in [0.4, 0.5) is 0 Å². The zero-order valence-electron chi connectivity index (χ0n) is 29.8.